The third kappa shape index (κ3) is 5.37. The number of hydrogen-bond donors (Lipinski definition) is 2. The maximum absolute atomic E-state index is 12.6. The zero-order valence-electron chi connectivity index (χ0n) is 14.8. The second-order valence-corrected chi connectivity index (χ2v) is 6.94. The Bertz CT molecular complexity index is 717. The summed E-state index contributed by atoms with van der Waals surface area (Å²) in [6, 6.07) is 15.9. The van der Waals surface area contributed by atoms with Gasteiger partial charge in [-0.1, -0.05) is 41.9 Å². The molecule has 1 saturated heterocycles. The molecule has 0 aromatic heterocycles. The van der Waals surface area contributed by atoms with Crippen LogP contribution in [0.4, 0.5) is 0 Å². The Kier molecular flexibility index (Phi) is 7.76. The van der Waals surface area contributed by atoms with E-state index in [2.05, 4.69) is 29.6 Å². The summed E-state index contributed by atoms with van der Waals surface area (Å²) >= 11 is 6.02. The minimum Gasteiger partial charge on any atom is -1.00 e. The molecule has 1 aliphatic rings. The van der Waals surface area contributed by atoms with Crippen LogP contribution in [0.5, 0.6) is 5.75 Å². The van der Waals surface area contributed by atoms with E-state index in [0.29, 0.717) is 16.3 Å². The molecule has 26 heavy (non-hydrogen) atoms. The fourth-order valence-corrected chi connectivity index (χ4v) is 3.52. The number of piperidine rings is 1. The topological polar surface area (TPSA) is 42.8 Å². The zero-order chi connectivity index (χ0) is 17.6. The minimum atomic E-state index is -0.115. The lowest BCUT2D eigenvalue weighted by atomic mass is 10.0. The third-order valence-corrected chi connectivity index (χ3v) is 4.97. The Morgan fingerprint density at radius 3 is 2.54 bits per heavy atom. The molecule has 1 aliphatic heterocycles. The first kappa shape index (κ1) is 20.6. The van der Waals surface area contributed by atoms with E-state index < -0.39 is 0 Å². The first-order valence-corrected chi connectivity index (χ1v) is 9.05. The number of benzene rings is 2. The second-order valence-electron chi connectivity index (χ2n) is 6.50. The van der Waals surface area contributed by atoms with Crippen molar-refractivity contribution in [3.63, 3.8) is 0 Å². The number of rotatable bonds is 5. The summed E-state index contributed by atoms with van der Waals surface area (Å²) in [5.41, 5.74) is 1.86. The smallest absolute Gasteiger partial charge is 0.255 e. The quantitative estimate of drug-likeness (QED) is 0.706. The molecule has 0 bridgehead atoms. The summed E-state index contributed by atoms with van der Waals surface area (Å²) in [5, 5.41) is 3.67. The second kappa shape index (κ2) is 9.81. The molecule has 2 aromatic carbocycles. The van der Waals surface area contributed by atoms with Gasteiger partial charge in [0.25, 0.3) is 5.91 Å². The predicted molar refractivity (Wildman–Crippen MR) is 99.3 cm³/mol. The molecule has 3 rings (SSSR count). The number of hydrogen-bond acceptors (Lipinski definition) is 2. The summed E-state index contributed by atoms with van der Waals surface area (Å²) in [5.74, 6) is 0.435. The van der Waals surface area contributed by atoms with E-state index >= 15 is 0 Å². The molecule has 140 valence electrons. The molecule has 1 fully saturated rings. The first-order chi connectivity index (χ1) is 12.2. The van der Waals surface area contributed by atoms with Crippen molar-refractivity contribution in [2.45, 2.75) is 25.4 Å². The SMILES string of the molecule is COc1ccc(Cl)cc1C(=O)NC1CC[NH+](Cc2ccccc2)CC1.[Cl-]. The van der Waals surface area contributed by atoms with Gasteiger partial charge in [-0.05, 0) is 18.2 Å². The van der Waals surface area contributed by atoms with Crippen molar-refractivity contribution >= 4 is 17.5 Å². The summed E-state index contributed by atoms with van der Waals surface area (Å²) in [4.78, 5) is 14.1. The van der Waals surface area contributed by atoms with Crippen molar-refractivity contribution in [2.24, 2.45) is 0 Å². The van der Waals surface area contributed by atoms with Crippen LogP contribution in [0.1, 0.15) is 28.8 Å². The molecule has 4 nitrogen and oxygen atoms in total. The normalized spacial score (nSPS) is 19.3. The average molecular weight is 395 g/mol. The van der Waals surface area contributed by atoms with E-state index in [0.717, 1.165) is 32.5 Å². The number of carbonyl (C=O) groups is 1. The van der Waals surface area contributed by atoms with E-state index in [-0.39, 0.29) is 24.4 Å². The highest BCUT2D eigenvalue weighted by atomic mass is 35.5. The van der Waals surface area contributed by atoms with Gasteiger partial charge in [-0.25, -0.2) is 0 Å². The number of methoxy groups -OCH3 is 1. The Morgan fingerprint density at radius 2 is 1.88 bits per heavy atom. The van der Waals surface area contributed by atoms with Gasteiger partial charge in [-0.2, -0.15) is 0 Å². The largest absolute Gasteiger partial charge is 1.00 e. The van der Waals surface area contributed by atoms with Crippen molar-refractivity contribution in [1.82, 2.24) is 5.32 Å². The van der Waals surface area contributed by atoms with Crippen LogP contribution in [0.25, 0.3) is 0 Å². The summed E-state index contributed by atoms with van der Waals surface area (Å²) < 4.78 is 5.27. The highest BCUT2D eigenvalue weighted by Gasteiger charge is 2.24. The van der Waals surface area contributed by atoms with Crippen LogP contribution in [0.2, 0.25) is 5.02 Å². The van der Waals surface area contributed by atoms with Crippen LogP contribution in [0.15, 0.2) is 48.5 Å². The Balaban J connectivity index is 0.00000243. The van der Waals surface area contributed by atoms with Crippen molar-refractivity contribution < 1.29 is 26.8 Å². The highest BCUT2D eigenvalue weighted by molar-refractivity contribution is 6.31. The highest BCUT2D eigenvalue weighted by Crippen LogP contribution is 2.22. The van der Waals surface area contributed by atoms with Crippen molar-refractivity contribution in [2.75, 3.05) is 20.2 Å². The fourth-order valence-electron chi connectivity index (χ4n) is 3.35. The van der Waals surface area contributed by atoms with Crippen LogP contribution in [-0.2, 0) is 6.54 Å². The molecule has 1 amide bonds. The maximum atomic E-state index is 12.6. The Labute approximate surface area is 165 Å². The van der Waals surface area contributed by atoms with E-state index in [1.54, 1.807) is 30.2 Å². The van der Waals surface area contributed by atoms with Crippen molar-refractivity contribution in [3.05, 3.63) is 64.7 Å². The Hall–Kier alpha value is -1.75. The molecule has 6 heteroatoms. The molecule has 0 aliphatic carbocycles. The zero-order valence-corrected chi connectivity index (χ0v) is 16.3. The van der Waals surface area contributed by atoms with Crippen LogP contribution < -0.4 is 27.4 Å². The summed E-state index contributed by atoms with van der Waals surface area (Å²) in [6.07, 6.45) is 1.97. The van der Waals surface area contributed by atoms with E-state index in [9.17, 15) is 4.79 Å². The van der Waals surface area contributed by atoms with Crippen LogP contribution in [0, 0.1) is 0 Å². The number of amides is 1. The minimum absolute atomic E-state index is 0. The van der Waals surface area contributed by atoms with E-state index in [1.165, 1.54) is 5.56 Å². The van der Waals surface area contributed by atoms with Gasteiger partial charge in [-0.3, -0.25) is 4.79 Å². The first-order valence-electron chi connectivity index (χ1n) is 8.67. The third-order valence-electron chi connectivity index (χ3n) is 4.73. The molecule has 0 atom stereocenters. The number of nitrogens with one attached hydrogen (secondary N) is 2. The molecular formula is C20H24Cl2N2O2. The van der Waals surface area contributed by atoms with Crippen LogP contribution in [0.3, 0.4) is 0 Å². The summed E-state index contributed by atoms with van der Waals surface area (Å²) in [7, 11) is 1.56. The number of halogens is 2. The standard InChI is InChI=1S/C20H23ClN2O2.ClH/c1-25-19-8-7-16(21)13-18(19)20(24)22-17-9-11-23(12-10-17)14-15-5-3-2-4-6-15;/h2-8,13,17H,9-12,14H2,1H3,(H,22,24);1H. The van der Waals surface area contributed by atoms with Crippen LogP contribution in [-0.4, -0.2) is 32.1 Å². The maximum Gasteiger partial charge on any atom is 0.255 e. The van der Waals surface area contributed by atoms with Gasteiger partial charge in [0.1, 0.15) is 12.3 Å². The molecular weight excluding hydrogens is 371 g/mol. The van der Waals surface area contributed by atoms with Crippen LogP contribution >= 0.6 is 11.6 Å². The van der Waals surface area contributed by atoms with Gasteiger partial charge in [0.2, 0.25) is 0 Å². The molecule has 0 radical (unpaired) electrons. The number of carbonyl (C=O) groups excluding carboxylic acids is 1. The van der Waals surface area contributed by atoms with Gasteiger partial charge >= 0.3 is 0 Å². The van der Waals surface area contributed by atoms with Gasteiger partial charge in [0.15, 0.2) is 0 Å². The molecule has 2 aromatic rings. The summed E-state index contributed by atoms with van der Waals surface area (Å²) in [6.45, 7) is 3.17. The fraction of sp³-hybridized carbons (Fsp3) is 0.350. The lowest BCUT2D eigenvalue weighted by Crippen LogP contribution is -3.12. The average Bonchev–Trinajstić information content (AvgIpc) is 2.64. The van der Waals surface area contributed by atoms with E-state index in [4.69, 9.17) is 16.3 Å². The lowest BCUT2D eigenvalue weighted by molar-refractivity contribution is -0.918. The molecule has 1 heterocycles. The number of ether oxygens (including phenoxy) is 1. The van der Waals surface area contributed by atoms with Crippen molar-refractivity contribution in [3.8, 4) is 5.75 Å². The van der Waals surface area contributed by atoms with E-state index in [1.807, 2.05) is 6.07 Å². The molecule has 2 N–H and O–H groups in total. The number of likely N-dealkylation sites (tertiary alicyclic amines) is 1. The molecule has 0 saturated carbocycles. The monoisotopic (exact) mass is 394 g/mol. The molecule has 0 unspecified atom stereocenters. The predicted octanol–water partition coefficient (Wildman–Crippen LogP) is -0.670. The lowest BCUT2D eigenvalue weighted by Gasteiger charge is -2.30. The van der Waals surface area contributed by atoms with Gasteiger partial charge in [0, 0.05) is 29.5 Å². The van der Waals surface area contributed by atoms with Gasteiger partial charge in [0.05, 0.1) is 25.8 Å². The number of quaternary nitrogens is 1. The molecule has 0 spiro atoms. The van der Waals surface area contributed by atoms with Gasteiger partial charge < -0.3 is 27.4 Å². The van der Waals surface area contributed by atoms with Gasteiger partial charge in [-0.15, -0.1) is 0 Å². The van der Waals surface area contributed by atoms with Crippen molar-refractivity contribution in [1.29, 1.82) is 0 Å². The Morgan fingerprint density at radius 1 is 1.19 bits per heavy atom.